The summed E-state index contributed by atoms with van der Waals surface area (Å²) in [5.41, 5.74) is 2.32. The summed E-state index contributed by atoms with van der Waals surface area (Å²) >= 11 is 2.03. The molecule has 0 heterocycles. The molecule has 0 amide bonds. The summed E-state index contributed by atoms with van der Waals surface area (Å²) in [5.74, 6) is 0.887. The van der Waals surface area contributed by atoms with Crippen molar-refractivity contribution in [3.63, 3.8) is 0 Å². The average Bonchev–Trinajstić information content (AvgIpc) is 2.32. The molecule has 1 nitrogen and oxygen atoms in total. The first kappa shape index (κ1) is 13.0. The van der Waals surface area contributed by atoms with E-state index in [-0.39, 0.29) is 6.61 Å². The van der Waals surface area contributed by atoms with Gasteiger partial charge in [0, 0.05) is 10.1 Å². The van der Waals surface area contributed by atoms with Crippen molar-refractivity contribution in [2.45, 2.75) is 56.3 Å². The van der Waals surface area contributed by atoms with Crippen LogP contribution < -0.4 is 0 Å². The summed E-state index contributed by atoms with van der Waals surface area (Å²) in [6.07, 6.45) is 5.49. The minimum atomic E-state index is 0.145. The zero-order valence-electron chi connectivity index (χ0n) is 10.8. The maximum absolute atomic E-state index is 9.10. The van der Waals surface area contributed by atoms with Gasteiger partial charge in [-0.2, -0.15) is 0 Å². The molecule has 0 aromatic heterocycles. The van der Waals surface area contributed by atoms with Gasteiger partial charge in [-0.25, -0.2) is 0 Å². The van der Waals surface area contributed by atoms with E-state index in [1.54, 1.807) is 0 Å². The van der Waals surface area contributed by atoms with E-state index in [1.807, 2.05) is 17.8 Å². The minimum absolute atomic E-state index is 0.145. The lowest BCUT2D eigenvalue weighted by molar-refractivity contribution is 0.281. The van der Waals surface area contributed by atoms with Crippen LogP contribution in [-0.2, 0) is 6.61 Å². The Labute approximate surface area is 109 Å². The molecule has 2 unspecified atom stereocenters. The van der Waals surface area contributed by atoms with Crippen LogP contribution in [0.2, 0.25) is 0 Å². The van der Waals surface area contributed by atoms with Crippen molar-refractivity contribution in [2.75, 3.05) is 0 Å². The lowest BCUT2D eigenvalue weighted by Crippen LogP contribution is -2.15. The number of aliphatic hydroxyl groups is 1. The highest BCUT2D eigenvalue weighted by atomic mass is 32.2. The normalized spacial score (nSPS) is 24.9. The van der Waals surface area contributed by atoms with Crippen LogP contribution in [-0.4, -0.2) is 10.4 Å². The third-order valence-corrected chi connectivity index (χ3v) is 5.08. The summed E-state index contributed by atoms with van der Waals surface area (Å²) in [7, 11) is 0. The van der Waals surface area contributed by atoms with Crippen molar-refractivity contribution in [1.82, 2.24) is 0 Å². The molecule has 17 heavy (non-hydrogen) atoms. The van der Waals surface area contributed by atoms with E-state index in [4.69, 9.17) is 5.11 Å². The van der Waals surface area contributed by atoms with E-state index < -0.39 is 0 Å². The highest BCUT2D eigenvalue weighted by Gasteiger charge is 2.20. The second-order valence-corrected chi connectivity index (χ2v) is 6.61. The maximum atomic E-state index is 9.10. The molecule has 1 aliphatic rings. The van der Waals surface area contributed by atoms with Crippen molar-refractivity contribution in [3.8, 4) is 0 Å². The smallest absolute Gasteiger partial charge is 0.0681 e. The summed E-state index contributed by atoms with van der Waals surface area (Å²) < 4.78 is 0. The SMILES string of the molecule is Cc1cc(CO)ccc1SC1CCCC(C)C1. The molecule has 1 aromatic rings. The van der Waals surface area contributed by atoms with Gasteiger partial charge in [0.1, 0.15) is 0 Å². The number of hydrogen-bond donors (Lipinski definition) is 1. The van der Waals surface area contributed by atoms with Crippen molar-refractivity contribution in [1.29, 1.82) is 0 Å². The summed E-state index contributed by atoms with van der Waals surface area (Å²) in [4.78, 5) is 1.39. The van der Waals surface area contributed by atoms with Gasteiger partial charge in [0.05, 0.1) is 6.61 Å². The molecule has 94 valence electrons. The van der Waals surface area contributed by atoms with Crippen molar-refractivity contribution < 1.29 is 5.11 Å². The highest BCUT2D eigenvalue weighted by molar-refractivity contribution is 8.00. The molecular formula is C15H22OS. The molecule has 0 saturated heterocycles. The fourth-order valence-electron chi connectivity index (χ4n) is 2.61. The van der Waals surface area contributed by atoms with Crippen molar-refractivity contribution in [3.05, 3.63) is 29.3 Å². The van der Waals surface area contributed by atoms with Crippen LogP contribution in [0, 0.1) is 12.8 Å². The molecule has 0 bridgehead atoms. The average molecular weight is 250 g/mol. The third-order valence-electron chi connectivity index (χ3n) is 3.60. The van der Waals surface area contributed by atoms with Crippen LogP contribution in [0.25, 0.3) is 0 Å². The molecule has 1 N–H and O–H groups in total. The molecule has 2 atom stereocenters. The second kappa shape index (κ2) is 5.92. The van der Waals surface area contributed by atoms with Gasteiger partial charge in [-0.1, -0.05) is 31.9 Å². The topological polar surface area (TPSA) is 20.2 Å². The van der Waals surface area contributed by atoms with Crippen LogP contribution >= 0.6 is 11.8 Å². The number of rotatable bonds is 3. The first-order valence-corrected chi connectivity index (χ1v) is 7.44. The molecule has 1 aliphatic carbocycles. The Morgan fingerprint density at radius 3 is 2.82 bits per heavy atom. The summed E-state index contributed by atoms with van der Waals surface area (Å²) in [6.45, 7) is 4.66. The zero-order valence-corrected chi connectivity index (χ0v) is 11.6. The Balaban J connectivity index is 2.02. The van der Waals surface area contributed by atoms with Crippen LogP contribution in [0.1, 0.15) is 43.7 Å². The predicted octanol–water partition coefficient (Wildman–Crippen LogP) is 4.16. The highest BCUT2D eigenvalue weighted by Crippen LogP contribution is 2.37. The molecule has 2 heteroatoms. The molecule has 0 spiro atoms. The van der Waals surface area contributed by atoms with Crippen LogP contribution in [0.5, 0.6) is 0 Å². The van der Waals surface area contributed by atoms with Crippen LogP contribution in [0.15, 0.2) is 23.1 Å². The van der Waals surface area contributed by atoms with Gasteiger partial charge in [-0.15, -0.1) is 11.8 Å². The molecule has 1 aromatic carbocycles. The molecule has 1 fully saturated rings. The van der Waals surface area contributed by atoms with Gasteiger partial charge in [0.2, 0.25) is 0 Å². The number of hydrogen-bond acceptors (Lipinski definition) is 2. The quantitative estimate of drug-likeness (QED) is 0.869. The largest absolute Gasteiger partial charge is 0.392 e. The monoisotopic (exact) mass is 250 g/mol. The van der Waals surface area contributed by atoms with E-state index in [1.165, 1.54) is 36.1 Å². The van der Waals surface area contributed by atoms with Gasteiger partial charge in [0.15, 0.2) is 0 Å². The Morgan fingerprint density at radius 2 is 2.18 bits per heavy atom. The number of aryl methyl sites for hydroxylation is 1. The van der Waals surface area contributed by atoms with Gasteiger partial charge < -0.3 is 5.11 Å². The summed E-state index contributed by atoms with van der Waals surface area (Å²) in [6, 6.07) is 6.32. The maximum Gasteiger partial charge on any atom is 0.0681 e. The molecular weight excluding hydrogens is 228 g/mol. The van der Waals surface area contributed by atoms with E-state index in [0.717, 1.165) is 16.7 Å². The van der Waals surface area contributed by atoms with Crippen LogP contribution in [0.4, 0.5) is 0 Å². The Morgan fingerprint density at radius 1 is 1.35 bits per heavy atom. The number of benzene rings is 1. The molecule has 1 saturated carbocycles. The lowest BCUT2D eigenvalue weighted by Gasteiger charge is -2.26. The van der Waals surface area contributed by atoms with E-state index in [0.29, 0.717) is 0 Å². The lowest BCUT2D eigenvalue weighted by atomic mass is 9.91. The Kier molecular flexibility index (Phi) is 4.52. The number of aliphatic hydroxyl groups excluding tert-OH is 1. The van der Waals surface area contributed by atoms with Gasteiger partial charge in [-0.3, -0.25) is 0 Å². The second-order valence-electron chi connectivity index (χ2n) is 5.27. The van der Waals surface area contributed by atoms with E-state index in [2.05, 4.69) is 26.0 Å². The Hall–Kier alpha value is -0.470. The summed E-state index contributed by atoms with van der Waals surface area (Å²) in [5, 5.41) is 9.89. The Bertz CT molecular complexity index is 375. The van der Waals surface area contributed by atoms with E-state index in [9.17, 15) is 0 Å². The van der Waals surface area contributed by atoms with Gasteiger partial charge >= 0.3 is 0 Å². The first-order valence-electron chi connectivity index (χ1n) is 6.56. The van der Waals surface area contributed by atoms with Crippen LogP contribution in [0.3, 0.4) is 0 Å². The predicted molar refractivity (Wildman–Crippen MR) is 74.4 cm³/mol. The fraction of sp³-hybridized carbons (Fsp3) is 0.600. The van der Waals surface area contributed by atoms with Crippen molar-refractivity contribution in [2.24, 2.45) is 5.92 Å². The zero-order chi connectivity index (χ0) is 12.3. The van der Waals surface area contributed by atoms with E-state index >= 15 is 0 Å². The molecule has 0 radical (unpaired) electrons. The van der Waals surface area contributed by atoms with Gasteiger partial charge in [-0.05, 0) is 42.9 Å². The minimum Gasteiger partial charge on any atom is -0.392 e. The molecule has 0 aliphatic heterocycles. The van der Waals surface area contributed by atoms with Gasteiger partial charge in [0.25, 0.3) is 0 Å². The van der Waals surface area contributed by atoms with Crippen molar-refractivity contribution >= 4 is 11.8 Å². The standard InChI is InChI=1S/C15H22OS/c1-11-4-3-5-14(8-11)17-15-7-6-13(10-16)9-12(15)2/h6-7,9,11,14,16H,3-5,8,10H2,1-2H3. The molecule has 2 rings (SSSR count). The third kappa shape index (κ3) is 3.49. The fourth-order valence-corrected chi connectivity index (χ4v) is 4.07. The first-order chi connectivity index (χ1) is 8.19. The number of thioether (sulfide) groups is 1.